The van der Waals surface area contributed by atoms with Gasteiger partial charge >= 0.3 is 12.0 Å². The molecule has 110 valence electrons. The fourth-order valence-electron chi connectivity index (χ4n) is 2.39. The number of amides is 2. The number of carboxylic acid groups (broad SMARTS) is 1. The van der Waals surface area contributed by atoms with Crippen LogP contribution in [0.15, 0.2) is 12.4 Å². The Kier molecular flexibility index (Phi) is 4.23. The van der Waals surface area contributed by atoms with Gasteiger partial charge in [-0.1, -0.05) is 6.92 Å². The van der Waals surface area contributed by atoms with Gasteiger partial charge in [-0.25, -0.2) is 4.79 Å². The van der Waals surface area contributed by atoms with Gasteiger partial charge in [0.2, 0.25) is 0 Å². The van der Waals surface area contributed by atoms with Crippen LogP contribution in [0.5, 0.6) is 0 Å². The fraction of sp³-hybridized carbons (Fsp3) is 0.583. The van der Waals surface area contributed by atoms with Crippen LogP contribution in [-0.4, -0.2) is 56.1 Å². The Balaban J connectivity index is 1.97. The molecule has 3 N–H and O–H groups in total. The Bertz CT molecular complexity index is 501. The number of urea groups is 1. The number of aliphatic carboxylic acids is 1. The van der Waals surface area contributed by atoms with E-state index in [1.54, 1.807) is 4.90 Å². The van der Waals surface area contributed by atoms with Crippen LogP contribution in [0.2, 0.25) is 0 Å². The normalized spacial score (nSPS) is 22.0. The zero-order valence-corrected chi connectivity index (χ0v) is 11.2. The van der Waals surface area contributed by atoms with Crippen molar-refractivity contribution in [2.75, 3.05) is 18.5 Å². The van der Waals surface area contributed by atoms with E-state index in [2.05, 4.69) is 10.4 Å². The third-order valence-corrected chi connectivity index (χ3v) is 3.51. The van der Waals surface area contributed by atoms with Gasteiger partial charge in [-0.05, 0) is 12.3 Å². The molecule has 0 aliphatic carbocycles. The number of aliphatic hydroxyl groups is 1. The molecule has 0 saturated carbocycles. The van der Waals surface area contributed by atoms with Crippen LogP contribution in [0.1, 0.15) is 13.3 Å². The second kappa shape index (κ2) is 5.91. The number of carbonyl (C=O) groups excluding carboxylic acids is 1. The monoisotopic (exact) mass is 282 g/mol. The van der Waals surface area contributed by atoms with Gasteiger partial charge in [0, 0.05) is 12.7 Å². The molecule has 0 bridgehead atoms. The van der Waals surface area contributed by atoms with Crippen LogP contribution in [0.4, 0.5) is 10.5 Å². The van der Waals surface area contributed by atoms with E-state index in [9.17, 15) is 14.7 Å². The predicted molar refractivity (Wildman–Crippen MR) is 70.2 cm³/mol. The molecular weight excluding hydrogens is 264 g/mol. The van der Waals surface area contributed by atoms with Crippen molar-refractivity contribution in [3.05, 3.63) is 12.4 Å². The van der Waals surface area contributed by atoms with Crippen LogP contribution < -0.4 is 5.32 Å². The average molecular weight is 282 g/mol. The summed E-state index contributed by atoms with van der Waals surface area (Å²) in [6.07, 6.45) is 3.71. The van der Waals surface area contributed by atoms with E-state index in [0.717, 1.165) is 6.42 Å². The first-order chi connectivity index (χ1) is 9.51. The highest BCUT2D eigenvalue weighted by Gasteiger charge is 2.33. The summed E-state index contributed by atoms with van der Waals surface area (Å²) in [7, 11) is 0. The third-order valence-electron chi connectivity index (χ3n) is 3.51. The minimum atomic E-state index is -1.00. The van der Waals surface area contributed by atoms with Crippen molar-refractivity contribution in [2.24, 2.45) is 5.92 Å². The molecule has 1 aromatic rings. The number of carboxylic acids is 1. The minimum absolute atomic E-state index is 0.0626. The molecule has 1 aliphatic heterocycles. The number of likely N-dealkylation sites (tertiary alicyclic amines) is 1. The lowest BCUT2D eigenvalue weighted by Crippen LogP contribution is -2.42. The van der Waals surface area contributed by atoms with Crippen LogP contribution in [0.3, 0.4) is 0 Å². The van der Waals surface area contributed by atoms with Gasteiger partial charge in [0.1, 0.15) is 6.54 Å². The lowest BCUT2D eigenvalue weighted by Gasteiger charge is -2.25. The molecule has 1 saturated heterocycles. The number of carbonyl (C=O) groups is 2. The Morgan fingerprint density at radius 1 is 1.55 bits per heavy atom. The summed E-state index contributed by atoms with van der Waals surface area (Å²) in [6, 6.07) is -0.479. The van der Waals surface area contributed by atoms with Gasteiger partial charge in [0.15, 0.2) is 0 Å². The Morgan fingerprint density at radius 2 is 2.30 bits per heavy atom. The maximum atomic E-state index is 12.1. The van der Waals surface area contributed by atoms with E-state index >= 15 is 0 Å². The van der Waals surface area contributed by atoms with Gasteiger partial charge in [0.25, 0.3) is 0 Å². The van der Waals surface area contributed by atoms with Gasteiger partial charge < -0.3 is 20.4 Å². The number of nitrogens with zero attached hydrogens (tertiary/aromatic N) is 3. The summed E-state index contributed by atoms with van der Waals surface area (Å²) >= 11 is 0. The number of nitrogens with one attached hydrogen (secondary N) is 1. The van der Waals surface area contributed by atoms with Gasteiger partial charge in [0.05, 0.1) is 24.5 Å². The van der Waals surface area contributed by atoms with Crippen molar-refractivity contribution in [1.29, 1.82) is 0 Å². The fourth-order valence-corrected chi connectivity index (χ4v) is 2.39. The number of anilines is 1. The molecule has 2 rings (SSSR count). The topological polar surface area (TPSA) is 108 Å². The molecule has 1 fully saturated rings. The minimum Gasteiger partial charge on any atom is -0.480 e. The van der Waals surface area contributed by atoms with Crippen molar-refractivity contribution in [1.82, 2.24) is 14.7 Å². The van der Waals surface area contributed by atoms with E-state index in [1.807, 2.05) is 6.92 Å². The number of hydrogen-bond donors (Lipinski definition) is 3. The summed E-state index contributed by atoms with van der Waals surface area (Å²) in [5, 5.41) is 24.5. The number of aliphatic hydroxyl groups excluding tert-OH is 1. The van der Waals surface area contributed by atoms with E-state index in [-0.39, 0.29) is 31.1 Å². The van der Waals surface area contributed by atoms with Gasteiger partial charge in [-0.2, -0.15) is 5.10 Å². The van der Waals surface area contributed by atoms with Crippen molar-refractivity contribution in [3.63, 3.8) is 0 Å². The van der Waals surface area contributed by atoms with Crippen LogP contribution >= 0.6 is 0 Å². The van der Waals surface area contributed by atoms with Gasteiger partial charge in [-0.3, -0.25) is 9.48 Å². The van der Waals surface area contributed by atoms with Crippen LogP contribution in [-0.2, 0) is 11.3 Å². The van der Waals surface area contributed by atoms with Crippen molar-refractivity contribution in [2.45, 2.75) is 25.9 Å². The SMILES string of the molecule is CC1CCN(C(=O)Nc2cnn(CC(=O)O)c2)C1CO. The van der Waals surface area contributed by atoms with Gasteiger partial charge in [-0.15, -0.1) is 0 Å². The molecule has 2 atom stereocenters. The highest BCUT2D eigenvalue weighted by Crippen LogP contribution is 2.24. The average Bonchev–Trinajstić information content (AvgIpc) is 2.95. The molecule has 2 heterocycles. The Morgan fingerprint density at radius 3 is 2.95 bits per heavy atom. The van der Waals surface area contributed by atoms with E-state index in [1.165, 1.54) is 17.1 Å². The second-order valence-electron chi connectivity index (χ2n) is 4.96. The summed E-state index contributed by atoms with van der Waals surface area (Å²) in [4.78, 5) is 24.3. The zero-order chi connectivity index (χ0) is 14.7. The molecule has 8 heteroatoms. The summed E-state index contributed by atoms with van der Waals surface area (Å²) < 4.78 is 1.23. The second-order valence-corrected chi connectivity index (χ2v) is 4.96. The summed E-state index contributed by atoms with van der Waals surface area (Å²) in [5.74, 6) is -0.736. The molecule has 8 nitrogen and oxygen atoms in total. The summed E-state index contributed by atoms with van der Waals surface area (Å²) in [6.45, 7) is 2.28. The molecule has 1 aromatic heterocycles. The molecule has 1 aliphatic rings. The maximum Gasteiger partial charge on any atom is 0.325 e. The first kappa shape index (κ1) is 14.3. The molecule has 2 amide bonds. The van der Waals surface area contributed by atoms with Crippen molar-refractivity contribution in [3.8, 4) is 0 Å². The Labute approximate surface area is 116 Å². The molecule has 20 heavy (non-hydrogen) atoms. The quantitative estimate of drug-likeness (QED) is 0.731. The number of hydrogen-bond acceptors (Lipinski definition) is 4. The highest BCUT2D eigenvalue weighted by molar-refractivity contribution is 5.89. The molecular formula is C12H18N4O4. The highest BCUT2D eigenvalue weighted by atomic mass is 16.4. The van der Waals surface area contributed by atoms with E-state index < -0.39 is 5.97 Å². The van der Waals surface area contributed by atoms with Crippen LogP contribution in [0.25, 0.3) is 0 Å². The summed E-state index contributed by atoms with van der Waals surface area (Å²) in [5.41, 5.74) is 0.437. The molecule has 0 aromatic carbocycles. The molecule has 0 spiro atoms. The van der Waals surface area contributed by atoms with Crippen LogP contribution in [0, 0.1) is 5.92 Å². The predicted octanol–water partition coefficient (Wildman–Crippen LogP) is 0.202. The maximum absolute atomic E-state index is 12.1. The zero-order valence-electron chi connectivity index (χ0n) is 11.2. The van der Waals surface area contributed by atoms with Crippen molar-refractivity contribution < 1.29 is 19.8 Å². The standard InChI is InChI=1S/C12H18N4O4/c1-8-2-3-16(10(8)7-17)12(20)14-9-4-13-15(5-9)6-11(18)19/h4-5,8,10,17H,2-3,6-7H2,1H3,(H,14,20)(H,18,19). The Hall–Kier alpha value is -2.09. The number of aromatic nitrogens is 2. The smallest absolute Gasteiger partial charge is 0.325 e. The lowest BCUT2D eigenvalue weighted by atomic mass is 10.0. The largest absolute Gasteiger partial charge is 0.480 e. The lowest BCUT2D eigenvalue weighted by molar-refractivity contribution is -0.137. The molecule has 2 unspecified atom stereocenters. The first-order valence-corrected chi connectivity index (χ1v) is 6.44. The third kappa shape index (κ3) is 3.08. The van der Waals surface area contributed by atoms with Crippen molar-refractivity contribution >= 4 is 17.7 Å². The van der Waals surface area contributed by atoms with E-state index in [4.69, 9.17) is 5.11 Å². The number of rotatable bonds is 4. The molecule has 0 radical (unpaired) electrons. The first-order valence-electron chi connectivity index (χ1n) is 6.44. The van der Waals surface area contributed by atoms with E-state index in [0.29, 0.717) is 12.2 Å².